The van der Waals surface area contributed by atoms with E-state index in [1.165, 1.54) is 0 Å². The zero-order chi connectivity index (χ0) is 17.8. The number of hydrogen-bond acceptors (Lipinski definition) is 6. The first-order valence-corrected chi connectivity index (χ1v) is 9.08. The third kappa shape index (κ3) is 4.48. The lowest BCUT2D eigenvalue weighted by atomic mass is 9.99. The van der Waals surface area contributed by atoms with Gasteiger partial charge in [0, 0.05) is 17.1 Å². The monoisotopic (exact) mass is 381 g/mol. The second-order valence-corrected chi connectivity index (χ2v) is 6.77. The predicted molar refractivity (Wildman–Crippen MR) is 96.7 cm³/mol. The van der Waals surface area contributed by atoms with E-state index in [0.717, 1.165) is 24.9 Å². The molecule has 1 fully saturated rings. The van der Waals surface area contributed by atoms with Crippen molar-refractivity contribution in [3.63, 3.8) is 0 Å². The predicted octanol–water partition coefficient (Wildman–Crippen LogP) is 3.76. The molecule has 0 N–H and O–H groups in total. The number of carbonyl (C=O) groups excluding carboxylic acids is 1. The number of aromatic nitrogens is 2. The molecule has 1 aromatic heterocycles. The number of nitrogens with zero attached hydrogens (tertiary/aromatic N) is 3. The summed E-state index contributed by atoms with van der Waals surface area (Å²) in [6, 6.07) is 7.24. The topological polar surface area (TPSA) is 60.5 Å². The van der Waals surface area contributed by atoms with Crippen molar-refractivity contribution in [2.75, 3.05) is 19.7 Å². The largest absolute Gasteiger partial charge is 0.466 e. The van der Waals surface area contributed by atoms with E-state index in [-0.39, 0.29) is 11.9 Å². The van der Waals surface area contributed by atoms with Gasteiger partial charge in [0.25, 0.3) is 4.84 Å². The Bertz CT molecular complexity index is 787. The number of piperidine rings is 1. The Morgan fingerprint density at radius 3 is 2.92 bits per heavy atom. The van der Waals surface area contributed by atoms with Gasteiger partial charge in [-0.1, -0.05) is 11.6 Å². The second-order valence-electron chi connectivity index (χ2n) is 5.99. The molecule has 3 rings (SSSR count). The zero-order valence-electron chi connectivity index (χ0n) is 14.0. The summed E-state index contributed by atoms with van der Waals surface area (Å²) >= 11 is 11.2. The van der Waals surface area contributed by atoms with Gasteiger partial charge in [0.2, 0.25) is 5.89 Å². The summed E-state index contributed by atoms with van der Waals surface area (Å²) in [4.78, 5) is 14.4. The molecular weight excluding hydrogens is 362 g/mol. The lowest BCUT2D eigenvalue weighted by molar-refractivity contribution is -0.150. The summed E-state index contributed by atoms with van der Waals surface area (Å²) in [6.07, 6.45) is 1.80. The van der Waals surface area contributed by atoms with Crippen molar-refractivity contribution in [1.29, 1.82) is 0 Å². The van der Waals surface area contributed by atoms with Crippen molar-refractivity contribution >= 4 is 29.8 Å². The molecule has 2 heterocycles. The van der Waals surface area contributed by atoms with Crippen LogP contribution in [0.3, 0.4) is 0 Å². The van der Waals surface area contributed by atoms with Crippen LogP contribution in [-0.4, -0.2) is 40.3 Å². The maximum atomic E-state index is 12.0. The van der Waals surface area contributed by atoms with Crippen LogP contribution in [0.15, 0.2) is 28.7 Å². The number of likely N-dealkylation sites (tertiary alicyclic amines) is 1. The van der Waals surface area contributed by atoms with Crippen LogP contribution >= 0.6 is 23.8 Å². The Hall–Kier alpha value is -1.70. The van der Waals surface area contributed by atoms with Gasteiger partial charge in [0.15, 0.2) is 0 Å². The molecule has 0 spiro atoms. The van der Waals surface area contributed by atoms with Crippen molar-refractivity contribution < 1.29 is 13.9 Å². The van der Waals surface area contributed by atoms with Crippen LogP contribution in [-0.2, 0) is 16.2 Å². The van der Waals surface area contributed by atoms with Gasteiger partial charge in [0.1, 0.15) is 0 Å². The van der Waals surface area contributed by atoms with Gasteiger partial charge in [-0.2, -0.15) is 0 Å². The summed E-state index contributed by atoms with van der Waals surface area (Å²) < 4.78 is 12.4. The average Bonchev–Trinajstić information content (AvgIpc) is 2.97. The van der Waals surface area contributed by atoms with Crippen molar-refractivity contribution in [2.45, 2.75) is 26.4 Å². The van der Waals surface area contributed by atoms with E-state index in [2.05, 4.69) is 10.00 Å². The SMILES string of the molecule is CCOC(=O)C1CCCN(Cn2nc(-c3ccc(Cl)cc3)oc2=S)C1. The standard InChI is InChI=1S/C17H20ClN3O3S/c1-2-23-16(22)13-4-3-9-20(10-13)11-21-17(25)24-15(19-21)12-5-7-14(18)8-6-12/h5-8,13H,2-4,9-11H2,1H3. The molecule has 1 aliphatic rings. The molecular formula is C17H20ClN3O3S. The van der Waals surface area contributed by atoms with Crippen LogP contribution in [0.1, 0.15) is 19.8 Å². The van der Waals surface area contributed by atoms with Crippen LogP contribution < -0.4 is 0 Å². The Labute approximate surface area is 156 Å². The molecule has 2 aromatic rings. The molecule has 1 unspecified atom stereocenters. The highest BCUT2D eigenvalue weighted by Crippen LogP contribution is 2.22. The molecule has 1 aromatic carbocycles. The van der Waals surface area contributed by atoms with Gasteiger partial charge in [-0.25, -0.2) is 4.68 Å². The molecule has 0 aliphatic carbocycles. The number of halogens is 1. The molecule has 0 bridgehead atoms. The molecule has 0 amide bonds. The molecule has 6 nitrogen and oxygen atoms in total. The van der Waals surface area contributed by atoms with Crippen LogP contribution in [0, 0.1) is 10.8 Å². The van der Waals surface area contributed by atoms with Gasteiger partial charge >= 0.3 is 5.97 Å². The fourth-order valence-corrected chi connectivity index (χ4v) is 3.23. The van der Waals surface area contributed by atoms with Crippen LogP contribution in [0.5, 0.6) is 0 Å². The Morgan fingerprint density at radius 2 is 2.20 bits per heavy atom. The first kappa shape index (κ1) is 18.1. The quantitative estimate of drug-likeness (QED) is 0.580. The average molecular weight is 382 g/mol. The molecule has 134 valence electrons. The summed E-state index contributed by atoms with van der Waals surface area (Å²) in [7, 11) is 0. The highest BCUT2D eigenvalue weighted by atomic mass is 35.5. The molecule has 1 saturated heterocycles. The number of hydrogen-bond donors (Lipinski definition) is 0. The number of carbonyl (C=O) groups is 1. The van der Waals surface area contributed by atoms with Crippen molar-refractivity contribution in [3.8, 4) is 11.5 Å². The van der Waals surface area contributed by atoms with Gasteiger partial charge in [-0.15, -0.1) is 5.10 Å². The third-order valence-electron chi connectivity index (χ3n) is 4.16. The third-order valence-corrected chi connectivity index (χ3v) is 4.70. The van der Waals surface area contributed by atoms with E-state index < -0.39 is 0 Å². The maximum Gasteiger partial charge on any atom is 0.310 e. The Kier molecular flexibility index (Phi) is 5.88. The fourth-order valence-electron chi connectivity index (χ4n) is 2.93. The van der Waals surface area contributed by atoms with Gasteiger partial charge < -0.3 is 9.15 Å². The lowest BCUT2D eigenvalue weighted by Gasteiger charge is -2.30. The summed E-state index contributed by atoms with van der Waals surface area (Å²) in [5, 5.41) is 5.11. The first-order valence-electron chi connectivity index (χ1n) is 8.29. The smallest absolute Gasteiger partial charge is 0.310 e. The second kappa shape index (κ2) is 8.12. The fraction of sp³-hybridized carbons (Fsp3) is 0.471. The Balaban J connectivity index is 1.69. The molecule has 8 heteroatoms. The highest BCUT2D eigenvalue weighted by Gasteiger charge is 2.27. The van der Waals surface area contributed by atoms with Crippen LogP contribution in [0.25, 0.3) is 11.5 Å². The summed E-state index contributed by atoms with van der Waals surface area (Å²) in [6.45, 7) is 4.26. The molecule has 0 saturated carbocycles. The van der Waals surface area contributed by atoms with Crippen LogP contribution in [0.4, 0.5) is 0 Å². The number of ether oxygens (including phenoxy) is 1. The minimum atomic E-state index is -0.127. The van der Waals surface area contributed by atoms with Crippen molar-refractivity contribution in [3.05, 3.63) is 34.1 Å². The molecule has 1 atom stereocenters. The zero-order valence-corrected chi connectivity index (χ0v) is 15.6. The van der Waals surface area contributed by atoms with Crippen LogP contribution in [0.2, 0.25) is 5.02 Å². The number of rotatable bonds is 5. The number of esters is 1. The molecule has 1 aliphatic heterocycles. The minimum Gasteiger partial charge on any atom is -0.466 e. The first-order chi connectivity index (χ1) is 12.1. The maximum absolute atomic E-state index is 12.0. The minimum absolute atomic E-state index is 0.0921. The summed E-state index contributed by atoms with van der Waals surface area (Å²) in [5.74, 6) is 0.240. The van der Waals surface area contributed by atoms with E-state index in [1.807, 2.05) is 19.1 Å². The van der Waals surface area contributed by atoms with Gasteiger partial charge in [-0.3, -0.25) is 9.69 Å². The van der Waals surface area contributed by atoms with E-state index in [4.69, 9.17) is 33.0 Å². The molecule has 25 heavy (non-hydrogen) atoms. The van der Waals surface area contributed by atoms with E-state index in [9.17, 15) is 4.79 Å². The Morgan fingerprint density at radius 1 is 1.44 bits per heavy atom. The van der Waals surface area contributed by atoms with E-state index in [1.54, 1.807) is 16.8 Å². The van der Waals surface area contributed by atoms with Crippen molar-refractivity contribution in [1.82, 2.24) is 14.7 Å². The van der Waals surface area contributed by atoms with E-state index >= 15 is 0 Å². The van der Waals surface area contributed by atoms with Gasteiger partial charge in [-0.05, 0) is 62.8 Å². The molecule has 0 radical (unpaired) electrons. The lowest BCUT2D eigenvalue weighted by Crippen LogP contribution is -2.40. The van der Waals surface area contributed by atoms with Crippen molar-refractivity contribution in [2.24, 2.45) is 5.92 Å². The number of benzene rings is 1. The normalized spacial score (nSPS) is 18.2. The summed E-state index contributed by atoms with van der Waals surface area (Å²) in [5.41, 5.74) is 0.817. The van der Waals surface area contributed by atoms with Gasteiger partial charge in [0.05, 0.1) is 19.2 Å². The highest BCUT2D eigenvalue weighted by molar-refractivity contribution is 7.71. The van der Waals surface area contributed by atoms with E-state index in [0.29, 0.717) is 35.6 Å².